The lowest BCUT2D eigenvalue weighted by Gasteiger charge is -2.36. The van der Waals surface area contributed by atoms with Gasteiger partial charge in [0.05, 0.1) is 16.9 Å². The van der Waals surface area contributed by atoms with Crippen molar-refractivity contribution >= 4 is 32.4 Å². The van der Waals surface area contributed by atoms with Gasteiger partial charge in [-0.3, -0.25) is 9.36 Å². The van der Waals surface area contributed by atoms with Crippen LogP contribution in [0.4, 0.5) is 24.7 Å². The van der Waals surface area contributed by atoms with Gasteiger partial charge in [-0.25, -0.2) is 31.6 Å². The van der Waals surface area contributed by atoms with E-state index in [1.807, 2.05) is 24.0 Å². The molecule has 0 spiro atoms. The van der Waals surface area contributed by atoms with E-state index in [0.717, 1.165) is 0 Å². The Morgan fingerprint density at radius 3 is 2.51 bits per heavy atom. The maximum Gasteiger partial charge on any atom is 0.276 e. The van der Waals surface area contributed by atoms with Crippen molar-refractivity contribution in [2.75, 3.05) is 54.4 Å². The molecule has 3 aromatic rings. The van der Waals surface area contributed by atoms with Crippen molar-refractivity contribution in [1.82, 2.24) is 19.4 Å². The molecule has 8 bridgehead atoms. The smallest absolute Gasteiger partial charge is 0.276 e. The lowest BCUT2D eigenvalue weighted by atomic mass is 9.85. The van der Waals surface area contributed by atoms with Crippen LogP contribution in [0.15, 0.2) is 53.6 Å². The molecule has 0 saturated carbocycles. The molecule has 0 amide bonds. The topological polar surface area (TPSA) is 100 Å². The van der Waals surface area contributed by atoms with Crippen molar-refractivity contribution in [3.05, 3.63) is 70.3 Å². The molecule has 2 atom stereocenters. The molecule has 9 nitrogen and oxygen atoms in total. The molecule has 6 heterocycles. The zero-order valence-electron chi connectivity index (χ0n) is 25.3. The monoisotopic (exact) mass is 644 g/mol. The van der Waals surface area contributed by atoms with Gasteiger partial charge in [-0.15, -0.1) is 0 Å². The Kier molecular flexibility index (Phi) is 8.93. The second-order valence-electron chi connectivity index (χ2n) is 12.4. The number of aromatic nitrogens is 3. The van der Waals surface area contributed by atoms with Crippen molar-refractivity contribution < 1.29 is 21.6 Å². The highest BCUT2D eigenvalue weighted by Gasteiger charge is 2.43. The Labute approximate surface area is 261 Å². The van der Waals surface area contributed by atoms with Crippen LogP contribution in [0.3, 0.4) is 0 Å². The number of nitrogens with one attached hydrogen (secondary N) is 1. The van der Waals surface area contributed by atoms with Gasteiger partial charge in [-0.05, 0) is 63.4 Å². The maximum atomic E-state index is 15.8. The number of rotatable bonds is 1. The molecule has 45 heavy (non-hydrogen) atoms. The minimum atomic E-state index is -3.18. The highest BCUT2D eigenvalue weighted by Crippen LogP contribution is 2.42. The zero-order valence-corrected chi connectivity index (χ0v) is 26.2. The summed E-state index contributed by atoms with van der Waals surface area (Å²) < 4.78 is 72.3. The SMILES string of the molecule is C[C@H]1Nc2ncnc3c2cc(N2CCS(=O)(=O)CC2)c(=O)n3C/C=C\CCC(F)CN2CCC(CC2)C(F)(F)c2cccc1c2. The zero-order chi connectivity index (χ0) is 31.8. The first-order chi connectivity index (χ1) is 21.5. The fourth-order valence-electron chi connectivity index (χ4n) is 6.60. The molecular weight excluding hydrogens is 605 g/mol. The van der Waals surface area contributed by atoms with Crippen LogP contribution in [-0.2, 0) is 22.3 Å². The second-order valence-corrected chi connectivity index (χ2v) is 14.7. The maximum absolute atomic E-state index is 15.8. The van der Waals surface area contributed by atoms with Crippen LogP contribution in [0.5, 0.6) is 0 Å². The second kappa shape index (κ2) is 12.7. The van der Waals surface area contributed by atoms with Crippen molar-refractivity contribution in [2.45, 2.75) is 57.3 Å². The average molecular weight is 645 g/mol. The number of benzene rings is 1. The van der Waals surface area contributed by atoms with Crippen LogP contribution in [0.1, 0.15) is 49.8 Å². The molecule has 7 rings (SSSR count). The van der Waals surface area contributed by atoms with Crippen LogP contribution in [-0.4, -0.2) is 78.3 Å². The molecule has 2 aromatic heterocycles. The predicted octanol–water partition coefficient (Wildman–Crippen LogP) is 4.69. The summed E-state index contributed by atoms with van der Waals surface area (Å²) in [4.78, 5) is 26.4. The van der Waals surface area contributed by atoms with Gasteiger partial charge in [0, 0.05) is 43.7 Å². The van der Waals surface area contributed by atoms with Crippen LogP contribution in [0.2, 0.25) is 0 Å². The molecule has 13 heteroatoms. The quantitative estimate of drug-likeness (QED) is 0.381. The number of alkyl halides is 3. The number of anilines is 2. The molecule has 2 saturated heterocycles. The van der Waals surface area contributed by atoms with E-state index in [-0.39, 0.29) is 55.2 Å². The van der Waals surface area contributed by atoms with E-state index in [9.17, 15) is 17.6 Å². The Balaban J connectivity index is 1.41. The summed E-state index contributed by atoms with van der Waals surface area (Å²) in [5.74, 6) is -3.54. The number of hydrogen-bond acceptors (Lipinski definition) is 8. The van der Waals surface area contributed by atoms with Gasteiger partial charge >= 0.3 is 0 Å². The molecule has 1 N–H and O–H groups in total. The minimum absolute atomic E-state index is 0.0452. The van der Waals surface area contributed by atoms with E-state index < -0.39 is 33.9 Å². The van der Waals surface area contributed by atoms with Crippen LogP contribution in [0, 0.1) is 5.92 Å². The highest BCUT2D eigenvalue weighted by atomic mass is 32.2. The first-order valence-electron chi connectivity index (χ1n) is 15.6. The molecule has 2 fully saturated rings. The van der Waals surface area contributed by atoms with Gasteiger partial charge in [0.25, 0.3) is 11.5 Å². The molecule has 0 aliphatic carbocycles. The molecule has 4 aliphatic heterocycles. The Bertz CT molecular complexity index is 1730. The van der Waals surface area contributed by atoms with Crippen molar-refractivity contribution in [3.63, 3.8) is 0 Å². The van der Waals surface area contributed by atoms with Gasteiger partial charge in [-0.1, -0.05) is 30.4 Å². The number of allylic oxidation sites excluding steroid dienone is 2. The predicted molar refractivity (Wildman–Crippen MR) is 169 cm³/mol. The van der Waals surface area contributed by atoms with Gasteiger partial charge in [0.2, 0.25) is 0 Å². The number of pyridine rings is 1. The Morgan fingerprint density at radius 2 is 1.76 bits per heavy atom. The number of sulfone groups is 1. The highest BCUT2D eigenvalue weighted by molar-refractivity contribution is 7.91. The summed E-state index contributed by atoms with van der Waals surface area (Å²) in [6.45, 7) is 3.49. The summed E-state index contributed by atoms with van der Waals surface area (Å²) in [5.41, 5.74) is 1.01. The lowest BCUT2D eigenvalue weighted by molar-refractivity contribution is -0.0865. The molecule has 0 radical (unpaired) electrons. The van der Waals surface area contributed by atoms with E-state index in [0.29, 0.717) is 60.5 Å². The fraction of sp³-hybridized carbons (Fsp3) is 0.531. The summed E-state index contributed by atoms with van der Waals surface area (Å²) >= 11 is 0. The molecule has 4 aliphatic rings. The standard InChI is InChI=1S/C32H39F3N6O3S/c1-22-23-6-5-7-25(18-23)32(34,35)24-9-12-39(13-10-24)20-26(33)8-3-2-4-11-41-30-27(29(38-22)36-21-37-30)19-28(31(41)42)40-14-16-45(43,44)17-15-40/h2,4-7,18-19,21-22,24,26H,3,8-17,20H2,1H3,(H,36,37,38)/b4-2-/t22-,26?/m1/s1. The first-order valence-corrected chi connectivity index (χ1v) is 17.4. The molecule has 242 valence electrons. The number of piperidine rings is 1. The number of fused-ring (bicyclic) bond motifs is 8. The molecule has 1 aromatic carbocycles. The van der Waals surface area contributed by atoms with E-state index >= 15 is 8.78 Å². The van der Waals surface area contributed by atoms with E-state index in [2.05, 4.69) is 15.3 Å². The van der Waals surface area contributed by atoms with Crippen LogP contribution < -0.4 is 15.8 Å². The first kappa shape index (κ1) is 31.5. The van der Waals surface area contributed by atoms with Crippen LogP contribution >= 0.6 is 0 Å². The van der Waals surface area contributed by atoms with Crippen LogP contribution in [0.25, 0.3) is 11.0 Å². The van der Waals surface area contributed by atoms with Crippen molar-refractivity contribution in [3.8, 4) is 0 Å². The third-order valence-electron chi connectivity index (χ3n) is 9.33. The summed E-state index contributed by atoms with van der Waals surface area (Å²) in [7, 11) is -3.18. The van der Waals surface area contributed by atoms with E-state index in [4.69, 9.17) is 0 Å². The van der Waals surface area contributed by atoms with Gasteiger partial charge in [0.15, 0.2) is 9.84 Å². The third kappa shape index (κ3) is 6.74. The molecule has 1 unspecified atom stereocenters. The number of nitrogens with zero attached hydrogens (tertiary/aromatic N) is 5. The van der Waals surface area contributed by atoms with Crippen molar-refractivity contribution in [2.24, 2.45) is 5.92 Å². The van der Waals surface area contributed by atoms with E-state index in [1.165, 1.54) is 23.0 Å². The lowest BCUT2D eigenvalue weighted by Crippen LogP contribution is -2.43. The Hall–Kier alpha value is -3.45. The number of hydrogen-bond donors (Lipinski definition) is 1. The summed E-state index contributed by atoms with van der Waals surface area (Å²) in [5, 5.41) is 3.90. The third-order valence-corrected chi connectivity index (χ3v) is 10.9. The fourth-order valence-corrected chi connectivity index (χ4v) is 7.80. The summed E-state index contributed by atoms with van der Waals surface area (Å²) in [6, 6.07) is 7.70. The number of halogens is 3. The van der Waals surface area contributed by atoms with Gasteiger partial charge in [-0.2, -0.15) is 0 Å². The van der Waals surface area contributed by atoms with Gasteiger partial charge in [0.1, 0.15) is 29.7 Å². The van der Waals surface area contributed by atoms with Gasteiger partial charge < -0.3 is 15.1 Å². The average Bonchev–Trinajstić information content (AvgIpc) is 3.02. The molecular formula is C32H39F3N6O3S. The Morgan fingerprint density at radius 1 is 1.00 bits per heavy atom. The summed E-state index contributed by atoms with van der Waals surface area (Å²) in [6.07, 6.45) is 5.25. The normalized spacial score (nSPS) is 27.9. The van der Waals surface area contributed by atoms with E-state index in [1.54, 1.807) is 23.1 Å². The van der Waals surface area contributed by atoms with Crippen molar-refractivity contribution in [1.29, 1.82) is 0 Å². The largest absolute Gasteiger partial charge is 0.365 e. The minimum Gasteiger partial charge on any atom is -0.365 e.